The van der Waals surface area contributed by atoms with Gasteiger partial charge in [-0.2, -0.15) is 0 Å². The van der Waals surface area contributed by atoms with Gasteiger partial charge in [0.2, 0.25) is 0 Å². The monoisotopic (exact) mass is 246 g/mol. The molecule has 5 heteroatoms. The van der Waals surface area contributed by atoms with Gasteiger partial charge in [0.25, 0.3) is 0 Å². The number of hydrogen-bond acceptors (Lipinski definition) is 3. The Morgan fingerprint density at radius 2 is 2.27 bits per heavy atom. The van der Waals surface area contributed by atoms with Crippen LogP contribution in [-0.2, 0) is 10.8 Å². The molecule has 3 nitrogen and oxygen atoms in total. The van der Waals surface area contributed by atoms with Gasteiger partial charge < -0.3 is 4.90 Å². The third kappa shape index (κ3) is 3.80. The average Bonchev–Trinajstić information content (AvgIpc) is 2.17. The zero-order valence-corrected chi connectivity index (χ0v) is 10.7. The first-order chi connectivity index (χ1) is 7.00. The van der Waals surface area contributed by atoms with Crippen LogP contribution in [0.5, 0.6) is 0 Å². The normalized spacial score (nSPS) is 14.7. The van der Waals surface area contributed by atoms with E-state index >= 15 is 0 Å². The summed E-state index contributed by atoms with van der Waals surface area (Å²) in [6, 6.07) is 3.86. The molecule has 1 aromatic heterocycles. The lowest BCUT2D eigenvalue weighted by Crippen LogP contribution is -2.33. The maximum absolute atomic E-state index is 11.1. The lowest BCUT2D eigenvalue weighted by atomic mass is 10.3. The maximum Gasteiger partial charge on any atom is 0.128 e. The second-order valence-corrected chi connectivity index (χ2v) is 5.45. The van der Waals surface area contributed by atoms with E-state index in [9.17, 15) is 4.21 Å². The summed E-state index contributed by atoms with van der Waals surface area (Å²) < 4.78 is 11.1. The number of aromatic nitrogens is 1. The van der Waals surface area contributed by atoms with Crippen molar-refractivity contribution in [3.63, 3.8) is 0 Å². The largest absolute Gasteiger partial charge is 0.356 e. The van der Waals surface area contributed by atoms with Crippen LogP contribution in [0, 0.1) is 0 Å². The zero-order chi connectivity index (χ0) is 11.4. The summed E-state index contributed by atoms with van der Waals surface area (Å²) in [7, 11) is 1.15. The zero-order valence-electron chi connectivity index (χ0n) is 9.11. The quantitative estimate of drug-likeness (QED) is 0.814. The minimum Gasteiger partial charge on any atom is -0.356 e. The predicted octanol–water partition coefficient (Wildman–Crippen LogP) is 1.94. The molecule has 0 radical (unpaired) electrons. The van der Waals surface area contributed by atoms with Crippen LogP contribution in [-0.4, -0.2) is 34.3 Å². The van der Waals surface area contributed by atoms with Gasteiger partial charge in [0.1, 0.15) is 5.82 Å². The van der Waals surface area contributed by atoms with Crippen molar-refractivity contribution in [1.82, 2.24) is 4.98 Å². The predicted molar refractivity (Wildman–Crippen MR) is 66.0 cm³/mol. The van der Waals surface area contributed by atoms with Crippen LogP contribution >= 0.6 is 11.6 Å². The van der Waals surface area contributed by atoms with Crippen LogP contribution in [0.25, 0.3) is 0 Å². The molecule has 0 aliphatic carbocycles. The Morgan fingerprint density at radius 3 is 2.73 bits per heavy atom. The van der Waals surface area contributed by atoms with Gasteiger partial charge in [0.15, 0.2) is 0 Å². The smallest absolute Gasteiger partial charge is 0.128 e. The Bertz CT molecular complexity index is 342. The van der Waals surface area contributed by atoms with Crippen LogP contribution in [0.15, 0.2) is 18.3 Å². The summed E-state index contributed by atoms with van der Waals surface area (Å²) in [5.74, 6) is 1.48. The first kappa shape index (κ1) is 12.5. The second kappa shape index (κ2) is 5.47. The van der Waals surface area contributed by atoms with Crippen molar-refractivity contribution in [2.75, 3.05) is 24.0 Å². The van der Waals surface area contributed by atoms with Crippen LogP contribution in [0.2, 0.25) is 5.02 Å². The Morgan fingerprint density at radius 1 is 1.60 bits per heavy atom. The van der Waals surface area contributed by atoms with Gasteiger partial charge in [-0.15, -0.1) is 0 Å². The highest BCUT2D eigenvalue weighted by Gasteiger charge is 2.12. The average molecular weight is 247 g/mol. The van der Waals surface area contributed by atoms with Gasteiger partial charge in [-0.05, 0) is 19.1 Å². The fourth-order valence-corrected chi connectivity index (χ4v) is 2.27. The first-order valence-corrected chi connectivity index (χ1v) is 6.75. The van der Waals surface area contributed by atoms with Crippen LogP contribution in [0.1, 0.15) is 6.92 Å². The van der Waals surface area contributed by atoms with E-state index in [0.717, 1.165) is 5.82 Å². The van der Waals surface area contributed by atoms with Crippen molar-refractivity contribution in [2.24, 2.45) is 0 Å². The van der Waals surface area contributed by atoms with E-state index in [-0.39, 0.29) is 6.04 Å². The Balaban J connectivity index is 2.71. The van der Waals surface area contributed by atoms with Gasteiger partial charge in [-0.1, -0.05) is 11.6 Å². The molecule has 0 aromatic carbocycles. The highest BCUT2D eigenvalue weighted by molar-refractivity contribution is 7.84. The molecule has 0 aliphatic heterocycles. The maximum atomic E-state index is 11.1. The molecule has 84 valence electrons. The van der Waals surface area contributed by atoms with E-state index in [0.29, 0.717) is 10.8 Å². The molecule has 15 heavy (non-hydrogen) atoms. The van der Waals surface area contributed by atoms with Gasteiger partial charge in [0.05, 0.1) is 5.02 Å². The number of rotatable bonds is 4. The Labute approximate surface area is 97.9 Å². The molecule has 0 amide bonds. The molecule has 0 spiro atoms. The van der Waals surface area contributed by atoms with Gasteiger partial charge in [0, 0.05) is 42.1 Å². The molecular formula is C10H15ClN2OS. The first-order valence-electron chi connectivity index (χ1n) is 4.65. The summed E-state index contributed by atoms with van der Waals surface area (Å²) >= 11 is 5.75. The highest BCUT2D eigenvalue weighted by Crippen LogP contribution is 2.15. The minimum atomic E-state index is -0.790. The van der Waals surface area contributed by atoms with Crippen molar-refractivity contribution in [1.29, 1.82) is 0 Å². The number of hydrogen-bond donors (Lipinski definition) is 0. The van der Waals surface area contributed by atoms with E-state index in [1.807, 2.05) is 24.9 Å². The summed E-state index contributed by atoms with van der Waals surface area (Å²) in [6.45, 7) is 2.03. The molecule has 1 heterocycles. The third-order valence-electron chi connectivity index (χ3n) is 2.21. The lowest BCUT2D eigenvalue weighted by Gasteiger charge is -2.25. The van der Waals surface area contributed by atoms with Crippen LogP contribution < -0.4 is 4.90 Å². The number of nitrogens with zero attached hydrogens (tertiary/aromatic N) is 2. The van der Waals surface area contributed by atoms with Gasteiger partial charge >= 0.3 is 0 Å². The minimum absolute atomic E-state index is 0.199. The Hall–Kier alpha value is -0.610. The van der Waals surface area contributed by atoms with Crippen LogP contribution in [0.3, 0.4) is 0 Å². The molecule has 2 atom stereocenters. The van der Waals surface area contributed by atoms with Crippen molar-refractivity contribution in [2.45, 2.75) is 13.0 Å². The van der Waals surface area contributed by atoms with E-state index in [2.05, 4.69) is 4.98 Å². The molecule has 1 aromatic rings. The Kier molecular flexibility index (Phi) is 4.54. The number of anilines is 1. The fraction of sp³-hybridized carbons (Fsp3) is 0.500. The van der Waals surface area contributed by atoms with Crippen molar-refractivity contribution < 1.29 is 4.21 Å². The fourth-order valence-electron chi connectivity index (χ4n) is 1.25. The molecule has 0 bridgehead atoms. The SMILES string of the molecule is C[C@H](C[S@@](C)=O)N(C)c1ccc(Cl)cn1. The summed E-state index contributed by atoms with van der Waals surface area (Å²) in [4.78, 5) is 6.20. The lowest BCUT2D eigenvalue weighted by molar-refractivity contribution is 0.674. The molecule has 0 N–H and O–H groups in total. The van der Waals surface area contributed by atoms with E-state index < -0.39 is 10.8 Å². The molecule has 0 saturated carbocycles. The standard InChI is InChI=1S/C10H15ClN2OS/c1-8(7-15(3)14)13(2)10-5-4-9(11)6-12-10/h4-6,8H,7H2,1-3H3/t8-,15-/m1/s1. The molecule has 0 unspecified atom stereocenters. The summed E-state index contributed by atoms with van der Waals surface area (Å²) in [6.07, 6.45) is 3.32. The number of halogens is 1. The van der Waals surface area contributed by atoms with Gasteiger partial charge in [-0.25, -0.2) is 4.98 Å². The molecule has 0 saturated heterocycles. The molecular weight excluding hydrogens is 232 g/mol. The van der Waals surface area contributed by atoms with Crippen LogP contribution in [0.4, 0.5) is 5.82 Å². The molecule has 1 rings (SSSR count). The third-order valence-corrected chi connectivity index (χ3v) is 3.39. The number of pyridine rings is 1. The second-order valence-electron chi connectivity index (χ2n) is 3.53. The summed E-state index contributed by atoms with van der Waals surface area (Å²) in [5.41, 5.74) is 0. The molecule has 0 fully saturated rings. The van der Waals surface area contributed by atoms with Crippen molar-refractivity contribution >= 4 is 28.2 Å². The topological polar surface area (TPSA) is 33.2 Å². The van der Waals surface area contributed by atoms with E-state index in [1.165, 1.54) is 0 Å². The van der Waals surface area contributed by atoms with Crippen molar-refractivity contribution in [3.05, 3.63) is 23.4 Å². The summed E-state index contributed by atoms with van der Waals surface area (Å²) in [5, 5.41) is 0.624. The highest BCUT2D eigenvalue weighted by atomic mass is 35.5. The molecule has 0 aliphatic rings. The van der Waals surface area contributed by atoms with Crippen molar-refractivity contribution in [3.8, 4) is 0 Å². The van der Waals surface area contributed by atoms with E-state index in [4.69, 9.17) is 11.6 Å². The van der Waals surface area contributed by atoms with Gasteiger partial charge in [-0.3, -0.25) is 4.21 Å². The van der Waals surface area contributed by atoms with E-state index in [1.54, 1.807) is 18.5 Å².